The van der Waals surface area contributed by atoms with Gasteiger partial charge in [0.15, 0.2) is 0 Å². The quantitative estimate of drug-likeness (QED) is 0.748. The van der Waals surface area contributed by atoms with Gasteiger partial charge in [0.2, 0.25) is 0 Å². The second-order valence-corrected chi connectivity index (χ2v) is 4.00. The molecule has 4 heteroatoms. The standard InChI is InChI=1S/C9H16N4/c1-7-3-4-8(5-7)11-9-6-10-12-13(9)2/h6-8,11H,3-5H2,1-2H3. The number of nitrogens with one attached hydrogen (secondary N) is 1. The lowest BCUT2D eigenvalue weighted by atomic mass is 10.1. The molecule has 0 bridgehead atoms. The monoisotopic (exact) mass is 180 g/mol. The summed E-state index contributed by atoms with van der Waals surface area (Å²) in [6.45, 7) is 2.31. The van der Waals surface area contributed by atoms with Crippen molar-refractivity contribution >= 4 is 5.82 Å². The molecular formula is C9H16N4. The molecule has 0 aliphatic heterocycles. The number of nitrogens with zero attached hydrogens (tertiary/aromatic N) is 3. The fraction of sp³-hybridized carbons (Fsp3) is 0.778. The van der Waals surface area contributed by atoms with E-state index < -0.39 is 0 Å². The molecule has 1 saturated carbocycles. The molecular weight excluding hydrogens is 164 g/mol. The summed E-state index contributed by atoms with van der Waals surface area (Å²) in [5, 5.41) is 11.2. The van der Waals surface area contributed by atoms with Crippen molar-refractivity contribution in [2.45, 2.75) is 32.2 Å². The molecule has 4 nitrogen and oxygen atoms in total. The first-order chi connectivity index (χ1) is 6.25. The average Bonchev–Trinajstić information content (AvgIpc) is 2.64. The van der Waals surface area contributed by atoms with E-state index in [4.69, 9.17) is 0 Å². The highest BCUT2D eigenvalue weighted by Gasteiger charge is 2.21. The van der Waals surface area contributed by atoms with E-state index in [9.17, 15) is 0 Å². The maximum absolute atomic E-state index is 3.88. The van der Waals surface area contributed by atoms with E-state index in [1.807, 2.05) is 7.05 Å². The zero-order valence-electron chi connectivity index (χ0n) is 8.20. The van der Waals surface area contributed by atoms with Gasteiger partial charge in [-0.2, -0.15) is 0 Å². The van der Waals surface area contributed by atoms with Gasteiger partial charge < -0.3 is 5.32 Å². The lowest BCUT2D eigenvalue weighted by molar-refractivity contribution is 0.600. The van der Waals surface area contributed by atoms with E-state index in [-0.39, 0.29) is 0 Å². The van der Waals surface area contributed by atoms with Crippen LogP contribution in [0, 0.1) is 5.92 Å². The molecule has 1 aliphatic carbocycles. The minimum Gasteiger partial charge on any atom is -0.366 e. The van der Waals surface area contributed by atoms with Crippen LogP contribution in [0.3, 0.4) is 0 Å². The largest absolute Gasteiger partial charge is 0.366 e. The Morgan fingerprint density at radius 2 is 2.38 bits per heavy atom. The molecule has 0 saturated heterocycles. The first-order valence-corrected chi connectivity index (χ1v) is 4.87. The molecule has 72 valence electrons. The zero-order chi connectivity index (χ0) is 9.26. The summed E-state index contributed by atoms with van der Waals surface area (Å²) >= 11 is 0. The molecule has 1 heterocycles. The van der Waals surface area contributed by atoms with Crippen molar-refractivity contribution in [2.24, 2.45) is 13.0 Å². The second-order valence-electron chi connectivity index (χ2n) is 4.00. The fourth-order valence-electron chi connectivity index (χ4n) is 1.97. The lowest BCUT2D eigenvalue weighted by Gasteiger charge is -2.12. The third-order valence-corrected chi connectivity index (χ3v) is 2.76. The van der Waals surface area contributed by atoms with Gasteiger partial charge in [-0.3, -0.25) is 0 Å². The van der Waals surface area contributed by atoms with Crippen LogP contribution in [0.4, 0.5) is 5.82 Å². The summed E-state index contributed by atoms with van der Waals surface area (Å²) in [5.41, 5.74) is 0. The minimum atomic E-state index is 0.618. The normalized spacial score (nSPS) is 27.8. The van der Waals surface area contributed by atoms with Crippen molar-refractivity contribution in [3.05, 3.63) is 6.20 Å². The molecule has 1 fully saturated rings. The van der Waals surface area contributed by atoms with Crippen molar-refractivity contribution in [2.75, 3.05) is 5.32 Å². The van der Waals surface area contributed by atoms with Crippen LogP contribution in [0.2, 0.25) is 0 Å². The molecule has 0 radical (unpaired) electrons. The van der Waals surface area contributed by atoms with Gasteiger partial charge in [-0.25, -0.2) is 4.68 Å². The predicted octanol–water partition coefficient (Wildman–Crippen LogP) is 1.42. The number of aryl methyl sites for hydroxylation is 1. The Balaban J connectivity index is 1.95. The number of hydrogen-bond donors (Lipinski definition) is 1. The summed E-state index contributed by atoms with van der Waals surface area (Å²) in [7, 11) is 1.91. The van der Waals surface area contributed by atoms with Crippen LogP contribution in [0.1, 0.15) is 26.2 Å². The van der Waals surface area contributed by atoms with Gasteiger partial charge in [-0.05, 0) is 25.2 Å². The second kappa shape index (κ2) is 3.36. The number of aromatic nitrogens is 3. The fourth-order valence-corrected chi connectivity index (χ4v) is 1.97. The molecule has 2 rings (SSSR count). The number of hydrogen-bond acceptors (Lipinski definition) is 3. The van der Waals surface area contributed by atoms with Crippen molar-refractivity contribution < 1.29 is 0 Å². The van der Waals surface area contributed by atoms with Gasteiger partial charge in [0.25, 0.3) is 0 Å². The van der Waals surface area contributed by atoms with E-state index in [1.54, 1.807) is 10.9 Å². The van der Waals surface area contributed by atoms with E-state index in [2.05, 4.69) is 22.6 Å². The van der Waals surface area contributed by atoms with Gasteiger partial charge in [-0.15, -0.1) is 5.10 Å². The van der Waals surface area contributed by atoms with E-state index >= 15 is 0 Å². The predicted molar refractivity (Wildman–Crippen MR) is 51.4 cm³/mol. The molecule has 1 N–H and O–H groups in total. The minimum absolute atomic E-state index is 0.618. The highest BCUT2D eigenvalue weighted by molar-refractivity contribution is 5.32. The molecule has 0 amide bonds. The third kappa shape index (κ3) is 1.82. The SMILES string of the molecule is CC1CCC(Nc2cnnn2C)C1. The number of anilines is 1. The Morgan fingerprint density at radius 3 is 2.92 bits per heavy atom. The van der Waals surface area contributed by atoms with Crippen LogP contribution >= 0.6 is 0 Å². The molecule has 0 spiro atoms. The Hall–Kier alpha value is -1.06. The van der Waals surface area contributed by atoms with Gasteiger partial charge >= 0.3 is 0 Å². The highest BCUT2D eigenvalue weighted by Crippen LogP contribution is 2.26. The molecule has 1 aliphatic rings. The Morgan fingerprint density at radius 1 is 1.54 bits per heavy atom. The molecule has 13 heavy (non-hydrogen) atoms. The van der Waals surface area contributed by atoms with Gasteiger partial charge in [0.05, 0.1) is 6.20 Å². The van der Waals surface area contributed by atoms with Gasteiger partial charge in [0, 0.05) is 13.1 Å². The van der Waals surface area contributed by atoms with E-state index in [0.29, 0.717) is 6.04 Å². The van der Waals surface area contributed by atoms with Crippen molar-refractivity contribution in [1.29, 1.82) is 0 Å². The zero-order valence-corrected chi connectivity index (χ0v) is 8.20. The Bertz CT molecular complexity index is 281. The van der Waals surface area contributed by atoms with E-state index in [1.165, 1.54) is 19.3 Å². The Labute approximate surface area is 78.3 Å². The van der Waals surface area contributed by atoms with Crippen molar-refractivity contribution in [1.82, 2.24) is 15.0 Å². The van der Waals surface area contributed by atoms with Crippen LogP contribution < -0.4 is 5.32 Å². The molecule has 0 aromatic carbocycles. The smallest absolute Gasteiger partial charge is 0.144 e. The summed E-state index contributed by atoms with van der Waals surface area (Å²) in [5.74, 6) is 1.89. The molecule has 1 aromatic rings. The average molecular weight is 180 g/mol. The van der Waals surface area contributed by atoms with Gasteiger partial charge in [-0.1, -0.05) is 12.1 Å². The van der Waals surface area contributed by atoms with Crippen LogP contribution in [-0.2, 0) is 7.05 Å². The van der Waals surface area contributed by atoms with Crippen LogP contribution in [-0.4, -0.2) is 21.0 Å². The number of rotatable bonds is 2. The summed E-state index contributed by atoms with van der Waals surface area (Å²) in [6, 6.07) is 0.618. The first kappa shape index (κ1) is 8.53. The Kier molecular flexibility index (Phi) is 2.20. The van der Waals surface area contributed by atoms with Crippen molar-refractivity contribution in [3.8, 4) is 0 Å². The molecule has 1 aromatic heterocycles. The maximum atomic E-state index is 3.88. The third-order valence-electron chi connectivity index (χ3n) is 2.76. The van der Waals surface area contributed by atoms with Crippen molar-refractivity contribution in [3.63, 3.8) is 0 Å². The van der Waals surface area contributed by atoms with Crippen LogP contribution in [0.5, 0.6) is 0 Å². The molecule has 2 atom stereocenters. The lowest BCUT2D eigenvalue weighted by Crippen LogP contribution is -2.17. The first-order valence-electron chi connectivity index (χ1n) is 4.87. The topological polar surface area (TPSA) is 42.7 Å². The maximum Gasteiger partial charge on any atom is 0.144 e. The highest BCUT2D eigenvalue weighted by atomic mass is 15.4. The van der Waals surface area contributed by atoms with Crippen LogP contribution in [0.25, 0.3) is 0 Å². The molecule has 2 unspecified atom stereocenters. The van der Waals surface area contributed by atoms with Crippen LogP contribution in [0.15, 0.2) is 6.20 Å². The summed E-state index contributed by atoms with van der Waals surface area (Å²) in [4.78, 5) is 0. The summed E-state index contributed by atoms with van der Waals surface area (Å²) < 4.78 is 1.78. The van der Waals surface area contributed by atoms with E-state index in [0.717, 1.165) is 11.7 Å². The van der Waals surface area contributed by atoms with Gasteiger partial charge in [0.1, 0.15) is 5.82 Å². The summed E-state index contributed by atoms with van der Waals surface area (Å²) in [6.07, 6.45) is 5.66.